The van der Waals surface area contributed by atoms with Crippen LogP contribution in [0, 0.1) is 0 Å². The van der Waals surface area contributed by atoms with Gasteiger partial charge in [0, 0.05) is 5.56 Å². The van der Waals surface area contributed by atoms with Crippen molar-refractivity contribution >= 4 is 10.0 Å². The molecule has 1 aromatic rings. The lowest BCUT2D eigenvalue weighted by Crippen LogP contribution is -2.18. The van der Waals surface area contributed by atoms with Crippen molar-refractivity contribution in [1.29, 1.82) is 0 Å². The molecule has 0 spiro atoms. The van der Waals surface area contributed by atoms with Crippen LogP contribution in [0.15, 0.2) is 29.2 Å². The van der Waals surface area contributed by atoms with Gasteiger partial charge >= 0.3 is 0 Å². The summed E-state index contributed by atoms with van der Waals surface area (Å²) >= 11 is 0. The minimum Gasteiger partial charge on any atom is -0.373 e. The second-order valence-electron chi connectivity index (χ2n) is 2.56. The van der Waals surface area contributed by atoms with E-state index in [1.54, 1.807) is 18.2 Å². The van der Waals surface area contributed by atoms with Crippen LogP contribution in [-0.2, 0) is 10.0 Å². The number of hydrogen-bond donors (Lipinski definition) is 2. The normalized spacial score (nSPS) is 25.2. The van der Waals surface area contributed by atoms with Crippen LogP contribution in [0.5, 0.6) is 0 Å². The molecule has 0 saturated carbocycles. The van der Waals surface area contributed by atoms with Crippen molar-refractivity contribution < 1.29 is 13.5 Å². The van der Waals surface area contributed by atoms with Crippen LogP contribution in [0.4, 0.5) is 0 Å². The zero-order valence-corrected chi connectivity index (χ0v) is 6.88. The number of fused-ring (bicyclic) bond motifs is 1. The highest BCUT2D eigenvalue weighted by Crippen LogP contribution is 2.27. The van der Waals surface area contributed by atoms with Gasteiger partial charge in [-0.25, -0.2) is 8.42 Å². The second-order valence-corrected chi connectivity index (χ2v) is 4.24. The lowest BCUT2D eigenvalue weighted by Gasteiger charge is -1.98. The van der Waals surface area contributed by atoms with Gasteiger partial charge in [-0.05, 0) is 6.07 Å². The zero-order valence-electron chi connectivity index (χ0n) is 6.06. The fraction of sp³-hybridized carbons (Fsp3) is 0.143. The van der Waals surface area contributed by atoms with Crippen LogP contribution in [0.1, 0.15) is 11.8 Å². The topological polar surface area (TPSA) is 66.4 Å². The summed E-state index contributed by atoms with van der Waals surface area (Å²) in [5.41, 5.74) is 0.414. The van der Waals surface area contributed by atoms with E-state index < -0.39 is 16.3 Å². The fourth-order valence-corrected chi connectivity index (χ4v) is 2.52. The molecule has 12 heavy (non-hydrogen) atoms. The monoisotopic (exact) mass is 185 g/mol. The first-order valence-corrected chi connectivity index (χ1v) is 4.89. The largest absolute Gasteiger partial charge is 0.373 e. The molecule has 0 aliphatic carbocycles. The summed E-state index contributed by atoms with van der Waals surface area (Å²) in [5, 5.41) is 9.23. The van der Waals surface area contributed by atoms with Gasteiger partial charge in [-0.2, -0.15) is 4.72 Å². The highest BCUT2D eigenvalue weighted by atomic mass is 32.2. The molecule has 2 rings (SSSR count). The summed E-state index contributed by atoms with van der Waals surface area (Å²) in [6.07, 6.45) is -1.09. The molecule has 1 aliphatic rings. The first-order chi connectivity index (χ1) is 5.61. The molecule has 0 fully saturated rings. The number of nitrogens with one attached hydrogen (secondary N) is 1. The van der Waals surface area contributed by atoms with Crippen molar-refractivity contribution in [3.05, 3.63) is 29.8 Å². The Kier molecular flexibility index (Phi) is 1.47. The first-order valence-electron chi connectivity index (χ1n) is 3.40. The quantitative estimate of drug-likeness (QED) is 0.596. The molecule has 0 bridgehead atoms. The second kappa shape index (κ2) is 2.29. The fourth-order valence-electron chi connectivity index (χ4n) is 1.23. The van der Waals surface area contributed by atoms with Gasteiger partial charge in [0.05, 0.1) is 4.90 Å². The third-order valence-electron chi connectivity index (χ3n) is 1.77. The Morgan fingerprint density at radius 1 is 1.33 bits per heavy atom. The van der Waals surface area contributed by atoms with Gasteiger partial charge in [0.25, 0.3) is 0 Å². The molecule has 0 aromatic heterocycles. The minimum absolute atomic E-state index is 0.164. The van der Waals surface area contributed by atoms with E-state index in [0.29, 0.717) is 5.56 Å². The SMILES string of the molecule is O=S1(=O)NC(O)c2ccccc21. The van der Waals surface area contributed by atoms with Crippen molar-refractivity contribution in [2.45, 2.75) is 11.1 Å². The van der Waals surface area contributed by atoms with E-state index in [1.807, 2.05) is 0 Å². The lowest BCUT2D eigenvalue weighted by atomic mass is 10.2. The minimum atomic E-state index is -3.45. The Bertz CT molecular complexity index is 412. The third kappa shape index (κ3) is 0.945. The predicted molar refractivity (Wildman–Crippen MR) is 41.7 cm³/mol. The summed E-state index contributed by atoms with van der Waals surface area (Å²) in [5.74, 6) is 0. The number of sulfonamides is 1. The first kappa shape index (κ1) is 7.72. The average molecular weight is 185 g/mol. The molecule has 1 aliphatic heterocycles. The maximum absolute atomic E-state index is 11.2. The van der Waals surface area contributed by atoms with Gasteiger partial charge in [-0.1, -0.05) is 18.2 Å². The highest BCUT2D eigenvalue weighted by Gasteiger charge is 2.31. The molecule has 0 saturated heterocycles. The van der Waals surface area contributed by atoms with Crippen LogP contribution in [0.2, 0.25) is 0 Å². The van der Waals surface area contributed by atoms with Crippen LogP contribution >= 0.6 is 0 Å². The van der Waals surface area contributed by atoms with Crippen molar-refractivity contribution in [3.8, 4) is 0 Å². The Hall–Kier alpha value is -0.910. The molecule has 1 aromatic carbocycles. The number of benzene rings is 1. The molecular weight excluding hydrogens is 178 g/mol. The Morgan fingerprint density at radius 2 is 2.00 bits per heavy atom. The highest BCUT2D eigenvalue weighted by molar-refractivity contribution is 7.89. The van der Waals surface area contributed by atoms with E-state index >= 15 is 0 Å². The number of hydrogen-bond acceptors (Lipinski definition) is 3. The maximum Gasteiger partial charge on any atom is 0.243 e. The van der Waals surface area contributed by atoms with Crippen LogP contribution in [0.25, 0.3) is 0 Å². The van der Waals surface area contributed by atoms with Gasteiger partial charge in [0.15, 0.2) is 0 Å². The molecule has 1 unspecified atom stereocenters. The lowest BCUT2D eigenvalue weighted by molar-refractivity contribution is 0.170. The number of aliphatic hydroxyl groups excluding tert-OH is 1. The zero-order chi connectivity index (χ0) is 8.77. The molecule has 0 amide bonds. The summed E-state index contributed by atoms with van der Waals surface area (Å²) in [6.45, 7) is 0. The molecular formula is C7H7NO3S. The van der Waals surface area contributed by atoms with Gasteiger partial charge in [-0.15, -0.1) is 0 Å². The predicted octanol–water partition coefficient (Wildman–Crippen LogP) is -0.0306. The van der Waals surface area contributed by atoms with Crippen molar-refractivity contribution in [1.82, 2.24) is 4.72 Å². The number of aliphatic hydroxyl groups is 1. The van der Waals surface area contributed by atoms with Crippen molar-refractivity contribution in [2.24, 2.45) is 0 Å². The van der Waals surface area contributed by atoms with E-state index in [-0.39, 0.29) is 4.90 Å². The Labute approximate surface area is 69.9 Å². The van der Waals surface area contributed by atoms with Gasteiger partial charge in [0.2, 0.25) is 10.0 Å². The van der Waals surface area contributed by atoms with E-state index in [2.05, 4.69) is 4.72 Å². The molecule has 0 radical (unpaired) electrons. The molecule has 5 heteroatoms. The van der Waals surface area contributed by atoms with E-state index in [4.69, 9.17) is 0 Å². The summed E-state index contributed by atoms with van der Waals surface area (Å²) in [4.78, 5) is 0.164. The van der Waals surface area contributed by atoms with E-state index in [9.17, 15) is 13.5 Å². The summed E-state index contributed by atoms with van der Waals surface area (Å²) < 4.78 is 24.5. The van der Waals surface area contributed by atoms with E-state index in [1.165, 1.54) is 6.07 Å². The summed E-state index contributed by atoms with van der Waals surface area (Å²) in [6, 6.07) is 6.35. The van der Waals surface area contributed by atoms with Gasteiger partial charge in [-0.3, -0.25) is 0 Å². The smallest absolute Gasteiger partial charge is 0.243 e. The van der Waals surface area contributed by atoms with E-state index in [0.717, 1.165) is 0 Å². The van der Waals surface area contributed by atoms with Crippen LogP contribution < -0.4 is 4.72 Å². The average Bonchev–Trinajstić information content (AvgIpc) is 2.25. The van der Waals surface area contributed by atoms with Gasteiger partial charge < -0.3 is 5.11 Å². The number of rotatable bonds is 0. The van der Waals surface area contributed by atoms with Gasteiger partial charge in [0.1, 0.15) is 6.23 Å². The molecule has 2 N–H and O–H groups in total. The molecule has 64 valence electrons. The van der Waals surface area contributed by atoms with Crippen molar-refractivity contribution in [2.75, 3.05) is 0 Å². The van der Waals surface area contributed by atoms with Crippen molar-refractivity contribution in [3.63, 3.8) is 0 Å². The maximum atomic E-state index is 11.2. The standard InChI is InChI=1S/C7H7NO3S/c9-7-5-3-1-2-4-6(5)12(10,11)8-7/h1-4,7-9H. The Morgan fingerprint density at radius 3 is 2.67 bits per heavy atom. The van der Waals surface area contributed by atoms with Crippen LogP contribution in [-0.4, -0.2) is 13.5 Å². The van der Waals surface area contributed by atoms with Crippen LogP contribution in [0.3, 0.4) is 0 Å². The summed E-state index contributed by atoms with van der Waals surface area (Å²) in [7, 11) is -3.45. The Balaban J connectivity index is 2.74. The molecule has 1 heterocycles. The third-order valence-corrected chi connectivity index (χ3v) is 3.25. The molecule has 1 atom stereocenters. The molecule has 4 nitrogen and oxygen atoms in total.